The quantitative estimate of drug-likeness (QED) is 0.433. The molecule has 0 N–H and O–H groups in total. The van der Waals surface area contributed by atoms with Crippen LogP contribution in [0.5, 0.6) is 5.75 Å². The maximum Gasteiger partial charge on any atom is 0.266 e. The number of oxazole rings is 1. The van der Waals surface area contributed by atoms with Crippen LogP contribution in [0.2, 0.25) is 0 Å². The second kappa shape index (κ2) is 9.15. The Kier molecular flexibility index (Phi) is 5.74. The topological polar surface area (TPSA) is 114 Å². The fourth-order valence-electron chi connectivity index (χ4n) is 3.78. The summed E-state index contributed by atoms with van der Waals surface area (Å²) < 4.78 is 18.8. The van der Waals surface area contributed by atoms with Gasteiger partial charge in [-0.1, -0.05) is 0 Å². The average molecular weight is 458 g/mol. The number of nitrogens with zero attached hydrogens (tertiary/aromatic N) is 6. The van der Waals surface area contributed by atoms with Gasteiger partial charge in [0.05, 0.1) is 6.26 Å². The summed E-state index contributed by atoms with van der Waals surface area (Å²) in [6.07, 6.45) is 5.11. The van der Waals surface area contributed by atoms with Gasteiger partial charge in [0.25, 0.3) is 11.8 Å². The zero-order valence-corrected chi connectivity index (χ0v) is 18.5. The second-order valence-electron chi connectivity index (χ2n) is 7.81. The van der Waals surface area contributed by atoms with E-state index in [0.717, 1.165) is 5.82 Å². The van der Waals surface area contributed by atoms with Gasteiger partial charge in [-0.05, 0) is 36.4 Å². The van der Waals surface area contributed by atoms with Crippen molar-refractivity contribution in [3.63, 3.8) is 0 Å². The lowest BCUT2D eigenvalue weighted by Crippen LogP contribution is -2.48. The highest BCUT2D eigenvalue weighted by Crippen LogP contribution is 2.29. The van der Waals surface area contributed by atoms with Crippen molar-refractivity contribution >= 4 is 11.8 Å². The van der Waals surface area contributed by atoms with Crippen LogP contribution in [0, 0.1) is 11.3 Å². The van der Waals surface area contributed by atoms with Crippen molar-refractivity contribution < 1.29 is 18.4 Å². The van der Waals surface area contributed by atoms with E-state index < -0.39 is 0 Å². The van der Waals surface area contributed by atoms with Crippen LogP contribution in [0.1, 0.15) is 21.9 Å². The van der Waals surface area contributed by atoms with E-state index in [0.29, 0.717) is 55.7 Å². The van der Waals surface area contributed by atoms with Crippen molar-refractivity contribution in [2.75, 3.05) is 31.1 Å². The Morgan fingerprint density at radius 2 is 1.97 bits per heavy atom. The zero-order chi connectivity index (χ0) is 23.5. The molecular formula is C24H22N6O4. The molecule has 10 nitrogen and oxygen atoms in total. The summed E-state index contributed by atoms with van der Waals surface area (Å²) in [5.41, 5.74) is 0.794. The number of aryl methyl sites for hydroxylation is 1. The van der Waals surface area contributed by atoms with Gasteiger partial charge in [-0.15, -0.1) is 0 Å². The Hall–Kier alpha value is -4.52. The largest absolute Gasteiger partial charge is 0.486 e. The Bertz CT molecular complexity index is 1310. The molecule has 1 fully saturated rings. The molecule has 3 aromatic heterocycles. The molecule has 4 heterocycles. The highest BCUT2D eigenvalue weighted by Gasteiger charge is 2.27. The van der Waals surface area contributed by atoms with Gasteiger partial charge in [-0.3, -0.25) is 4.79 Å². The molecule has 0 atom stereocenters. The molecule has 1 amide bonds. The molecule has 0 spiro atoms. The summed E-state index contributed by atoms with van der Waals surface area (Å²) in [6, 6.07) is 12.6. The van der Waals surface area contributed by atoms with Crippen LogP contribution in [0.4, 0.5) is 5.88 Å². The predicted octanol–water partition coefficient (Wildman–Crippen LogP) is 3.08. The van der Waals surface area contributed by atoms with E-state index in [9.17, 15) is 10.1 Å². The number of ether oxygens (including phenoxy) is 1. The second-order valence-corrected chi connectivity index (χ2v) is 7.81. The van der Waals surface area contributed by atoms with Crippen LogP contribution in [-0.2, 0) is 13.7 Å². The Morgan fingerprint density at radius 1 is 1.18 bits per heavy atom. The molecule has 0 bridgehead atoms. The number of furan rings is 1. The fourth-order valence-corrected chi connectivity index (χ4v) is 3.78. The van der Waals surface area contributed by atoms with Crippen LogP contribution in [0.25, 0.3) is 11.7 Å². The van der Waals surface area contributed by atoms with Gasteiger partial charge < -0.3 is 27.9 Å². The maximum atomic E-state index is 13.0. The number of rotatable bonds is 6. The van der Waals surface area contributed by atoms with Gasteiger partial charge in [0, 0.05) is 51.2 Å². The molecule has 0 unspecified atom stereocenters. The number of amides is 1. The van der Waals surface area contributed by atoms with Crippen molar-refractivity contribution in [1.82, 2.24) is 19.4 Å². The number of carbonyl (C=O) groups is 1. The number of piperazine rings is 1. The lowest BCUT2D eigenvalue weighted by molar-refractivity contribution is 0.0745. The third kappa shape index (κ3) is 4.23. The number of nitriles is 1. The summed E-state index contributed by atoms with van der Waals surface area (Å²) in [5, 5.41) is 9.47. The lowest BCUT2D eigenvalue weighted by Gasteiger charge is -2.34. The van der Waals surface area contributed by atoms with Gasteiger partial charge in [-0.2, -0.15) is 10.2 Å². The number of aromatic nitrogens is 3. The van der Waals surface area contributed by atoms with Gasteiger partial charge >= 0.3 is 0 Å². The molecule has 5 rings (SSSR count). The summed E-state index contributed by atoms with van der Waals surface area (Å²) in [4.78, 5) is 25.2. The first-order valence-electron chi connectivity index (χ1n) is 10.8. The number of imidazole rings is 1. The SMILES string of the molecule is Cn1ccnc1COc1ccc(C(=O)N2CCN(c3oc(-c4ccco4)nc3C#N)CC2)cc1. The van der Waals surface area contributed by atoms with Crippen molar-refractivity contribution in [2.45, 2.75) is 6.61 Å². The minimum atomic E-state index is -0.0512. The zero-order valence-electron chi connectivity index (χ0n) is 18.5. The minimum Gasteiger partial charge on any atom is -0.486 e. The van der Waals surface area contributed by atoms with E-state index in [1.165, 1.54) is 6.26 Å². The minimum absolute atomic E-state index is 0.0512. The monoisotopic (exact) mass is 458 g/mol. The smallest absolute Gasteiger partial charge is 0.266 e. The predicted molar refractivity (Wildman–Crippen MR) is 121 cm³/mol. The first-order valence-corrected chi connectivity index (χ1v) is 10.8. The number of hydrogen-bond acceptors (Lipinski definition) is 8. The highest BCUT2D eigenvalue weighted by molar-refractivity contribution is 5.94. The van der Waals surface area contributed by atoms with Gasteiger partial charge in [0.1, 0.15) is 24.3 Å². The van der Waals surface area contributed by atoms with Crippen LogP contribution >= 0.6 is 0 Å². The molecule has 1 aliphatic rings. The first kappa shape index (κ1) is 21.3. The standard InChI is InChI=1S/C24H22N6O4/c1-28-9-8-26-21(28)16-33-18-6-4-17(5-7-18)23(31)29-10-12-30(13-11-29)24-19(15-25)27-22(34-24)20-3-2-14-32-20/h2-9,14H,10-13,16H2,1H3. The summed E-state index contributed by atoms with van der Waals surface area (Å²) in [5.74, 6) is 2.57. The summed E-state index contributed by atoms with van der Waals surface area (Å²) in [7, 11) is 1.91. The van der Waals surface area contributed by atoms with Crippen LogP contribution in [0.3, 0.4) is 0 Å². The summed E-state index contributed by atoms with van der Waals surface area (Å²) >= 11 is 0. The average Bonchev–Trinajstić information content (AvgIpc) is 3.63. The van der Waals surface area contributed by atoms with E-state index >= 15 is 0 Å². The highest BCUT2D eigenvalue weighted by atomic mass is 16.5. The van der Waals surface area contributed by atoms with E-state index in [4.69, 9.17) is 13.6 Å². The van der Waals surface area contributed by atoms with Crippen molar-refractivity contribution in [1.29, 1.82) is 5.26 Å². The number of benzene rings is 1. The molecule has 34 heavy (non-hydrogen) atoms. The third-order valence-corrected chi connectivity index (χ3v) is 5.69. The molecule has 0 saturated carbocycles. The Balaban J connectivity index is 1.19. The van der Waals surface area contributed by atoms with Crippen LogP contribution in [0.15, 0.2) is 63.9 Å². The molecule has 1 aliphatic heterocycles. The third-order valence-electron chi connectivity index (χ3n) is 5.69. The summed E-state index contributed by atoms with van der Waals surface area (Å²) in [6.45, 7) is 2.40. The molecule has 4 aromatic rings. The molecule has 10 heteroatoms. The van der Waals surface area contributed by atoms with Crippen LogP contribution in [-0.4, -0.2) is 51.5 Å². The molecule has 1 saturated heterocycles. The number of anilines is 1. The fraction of sp³-hybridized carbons (Fsp3) is 0.250. The van der Waals surface area contributed by atoms with Gasteiger partial charge in [-0.25, -0.2) is 4.98 Å². The molecule has 0 aliphatic carbocycles. The molecular weight excluding hydrogens is 436 g/mol. The van der Waals surface area contributed by atoms with Crippen molar-refractivity contribution in [3.05, 3.63) is 72.1 Å². The molecule has 1 aromatic carbocycles. The lowest BCUT2D eigenvalue weighted by atomic mass is 10.1. The molecule has 0 radical (unpaired) electrons. The van der Waals surface area contributed by atoms with Crippen molar-refractivity contribution in [3.8, 4) is 23.5 Å². The van der Waals surface area contributed by atoms with Crippen LogP contribution < -0.4 is 9.64 Å². The van der Waals surface area contributed by atoms with E-state index in [-0.39, 0.29) is 17.5 Å². The molecule has 172 valence electrons. The number of carbonyl (C=O) groups excluding carboxylic acids is 1. The van der Waals surface area contributed by atoms with Gasteiger partial charge in [0.2, 0.25) is 11.6 Å². The van der Waals surface area contributed by atoms with Crippen molar-refractivity contribution in [2.24, 2.45) is 7.05 Å². The normalized spacial score (nSPS) is 13.6. The van der Waals surface area contributed by atoms with E-state index in [2.05, 4.69) is 16.0 Å². The first-order chi connectivity index (χ1) is 16.6. The number of hydrogen-bond donors (Lipinski definition) is 0. The van der Waals surface area contributed by atoms with E-state index in [1.54, 1.807) is 47.5 Å². The Morgan fingerprint density at radius 3 is 2.62 bits per heavy atom. The maximum absolute atomic E-state index is 13.0. The Labute approximate surface area is 195 Å². The van der Waals surface area contributed by atoms with Gasteiger partial charge in [0.15, 0.2) is 5.76 Å². The van der Waals surface area contributed by atoms with E-state index in [1.807, 2.05) is 22.7 Å².